The van der Waals surface area contributed by atoms with Crippen molar-refractivity contribution in [1.82, 2.24) is 0 Å². The molecule has 1 heterocycles. The molecular formula is C16H23BO4. The van der Waals surface area contributed by atoms with Gasteiger partial charge < -0.3 is 14.0 Å². The molecule has 2 rings (SSSR count). The lowest BCUT2D eigenvalue weighted by molar-refractivity contribution is 0.00578. The fraction of sp³-hybridized carbons (Fsp3) is 0.562. The van der Waals surface area contributed by atoms with Crippen molar-refractivity contribution in [2.75, 3.05) is 6.61 Å². The van der Waals surface area contributed by atoms with Gasteiger partial charge in [-0.1, -0.05) is 12.1 Å². The van der Waals surface area contributed by atoms with E-state index in [1.807, 2.05) is 39.8 Å². The molecule has 0 N–H and O–H groups in total. The van der Waals surface area contributed by atoms with E-state index < -0.39 is 0 Å². The maximum atomic E-state index is 11.6. The Morgan fingerprint density at radius 2 is 1.62 bits per heavy atom. The molecule has 0 amide bonds. The Kier molecular flexibility index (Phi) is 4.44. The van der Waals surface area contributed by atoms with E-state index in [0.29, 0.717) is 18.5 Å². The second-order valence-corrected chi connectivity index (χ2v) is 6.31. The number of carbonyl (C=O) groups is 1. The van der Waals surface area contributed by atoms with Crippen molar-refractivity contribution in [3.63, 3.8) is 0 Å². The van der Waals surface area contributed by atoms with Gasteiger partial charge in [-0.2, -0.15) is 0 Å². The quantitative estimate of drug-likeness (QED) is 0.631. The normalized spacial score (nSPS) is 19.6. The van der Waals surface area contributed by atoms with Crippen LogP contribution < -0.4 is 0 Å². The topological polar surface area (TPSA) is 44.8 Å². The lowest BCUT2D eigenvalue weighted by Crippen LogP contribution is -2.41. The molecule has 1 aliphatic heterocycles. The molecule has 1 aromatic rings. The minimum atomic E-state index is -0.317. The van der Waals surface area contributed by atoms with Crippen LogP contribution in [0.25, 0.3) is 0 Å². The highest BCUT2D eigenvalue weighted by atomic mass is 16.7. The van der Waals surface area contributed by atoms with E-state index in [2.05, 4.69) is 0 Å². The molecule has 1 aromatic carbocycles. The smallest absolute Gasteiger partial charge is 0.462 e. The molecule has 0 aromatic heterocycles. The fourth-order valence-electron chi connectivity index (χ4n) is 2.23. The van der Waals surface area contributed by atoms with Crippen molar-refractivity contribution in [1.29, 1.82) is 0 Å². The van der Waals surface area contributed by atoms with E-state index in [1.54, 1.807) is 19.1 Å². The fourth-order valence-corrected chi connectivity index (χ4v) is 2.23. The predicted molar refractivity (Wildman–Crippen MR) is 82.2 cm³/mol. The summed E-state index contributed by atoms with van der Waals surface area (Å²) in [4.78, 5) is 11.6. The van der Waals surface area contributed by atoms with Gasteiger partial charge >= 0.3 is 13.1 Å². The van der Waals surface area contributed by atoms with Crippen molar-refractivity contribution in [2.45, 2.75) is 52.1 Å². The maximum absolute atomic E-state index is 11.6. The Balaban J connectivity index is 2.00. The molecule has 5 heteroatoms. The van der Waals surface area contributed by atoms with Gasteiger partial charge in [0.2, 0.25) is 0 Å². The third-order valence-electron chi connectivity index (χ3n) is 4.17. The lowest BCUT2D eigenvalue weighted by Gasteiger charge is -2.32. The average molecular weight is 290 g/mol. The molecule has 21 heavy (non-hydrogen) atoms. The van der Waals surface area contributed by atoms with E-state index in [9.17, 15) is 4.79 Å². The molecule has 0 spiro atoms. The summed E-state index contributed by atoms with van der Waals surface area (Å²) < 4.78 is 16.9. The molecular weight excluding hydrogens is 267 g/mol. The summed E-state index contributed by atoms with van der Waals surface area (Å²) in [6.45, 7) is 10.3. The molecule has 114 valence electrons. The standard InChI is InChI=1S/C16H23BO4/c1-6-19-14(18)13-9-7-12(8-10-13)11-17-20-15(2,3)16(4,5)21-17/h7-10H,6,11H2,1-5H3. The number of hydrogen-bond acceptors (Lipinski definition) is 4. The summed E-state index contributed by atoms with van der Waals surface area (Å²) in [5.41, 5.74) is 1.00. The van der Waals surface area contributed by atoms with Gasteiger partial charge in [0.25, 0.3) is 0 Å². The van der Waals surface area contributed by atoms with Crippen molar-refractivity contribution in [3.05, 3.63) is 35.4 Å². The molecule has 0 saturated carbocycles. The van der Waals surface area contributed by atoms with Crippen LogP contribution in [0.5, 0.6) is 0 Å². The first-order chi connectivity index (χ1) is 9.75. The molecule has 1 fully saturated rings. The Labute approximate surface area is 126 Å². The Morgan fingerprint density at radius 3 is 2.10 bits per heavy atom. The summed E-state index contributed by atoms with van der Waals surface area (Å²) in [6, 6.07) is 7.38. The number of carbonyl (C=O) groups excluding carboxylic acids is 1. The van der Waals surface area contributed by atoms with E-state index in [4.69, 9.17) is 14.0 Å². The van der Waals surface area contributed by atoms with Crippen LogP contribution in [0.15, 0.2) is 24.3 Å². The van der Waals surface area contributed by atoms with Crippen molar-refractivity contribution in [2.24, 2.45) is 0 Å². The summed E-state index contributed by atoms with van der Waals surface area (Å²) in [5.74, 6) is -0.292. The zero-order valence-electron chi connectivity index (χ0n) is 13.4. The van der Waals surface area contributed by atoms with E-state index >= 15 is 0 Å². The monoisotopic (exact) mass is 290 g/mol. The number of esters is 1. The first-order valence-corrected chi connectivity index (χ1v) is 7.37. The molecule has 0 radical (unpaired) electrons. The van der Waals surface area contributed by atoms with Gasteiger partial charge in [-0.15, -0.1) is 0 Å². The minimum Gasteiger partial charge on any atom is -0.462 e. The van der Waals surface area contributed by atoms with E-state index in [1.165, 1.54) is 0 Å². The Morgan fingerprint density at radius 1 is 1.10 bits per heavy atom. The number of rotatable bonds is 4. The van der Waals surface area contributed by atoms with Crippen LogP contribution in [0.3, 0.4) is 0 Å². The molecule has 0 unspecified atom stereocenters. The first-order valence-electron chi connectivity index (χ1n) is 7.37. The summed E-state index contributed by atoms with van der Waals surface area (Å²) in [6.07, 6.45) is 0.663. The van der Waals surface area contributed by atoms with Crippen molar-refractivity contribution >= 4 is 13.1 Å². The molecule has 0 atom stereocenters. The van der Waals surface area contributed by atoms with Gasteiger partial charge in [-0.05, 0) is 52.3 Å². The summed E-state index contributed by atoms with van der Waals surface area (Å²) >= 11 is 0. The van der Waals surface area contributed by atoms with Gasteiger partial charge in [0.05, 0.1) is 23.4 Å². The highest BCUT2D eigenvalue weighted by molar-refractivity contribution is 6.45. The Bertz CT molecular complexity index is 492. The zero-order valence-corrected chi connectivity index (χ0v) is 13.4. The maximum Gasteiger partial charge on any atom is 0.462 e. The second-order valence-electron chi connectivity index (χ2n) is 6.31. The molecule has 0 aliphatic carbocycles. The van der Waals surface area contributed by atoms with Crippen LogP contribution in [0.1, 0.15) is 50.5 Å². The Hall–Kier alpha value is -1.33. The van der Waals surface area contributed by atoms with Crippen LogP contribution in [0.2, 0.25) is 0 Å². The number of benzene rings is 1. The third kappa shape index (κ3) is 3.47. The number of ether oxygens (including phenoxy) is 1. The molecule has 1 aliphatic rings. The SMILES string of the molecule is CCOC(=O)c1ccc(CB2OC(C)(C)C(C)(C)O2)cc1. The molecule has 4 nitrogen and oxygen atoms in total. The highest BCUT2D eigenvalue weighted by Gasteiger charge is 2.50. The molecule has 0 bridgehead atoms. The second kappa shape index (κ2) is 5.81. The average Bonchev–Trinajstić information content (AvgIpc) is 2.58. The van der Waals surface area contributed by atoms with Crippen molar-refractivity contribution < 1.29 is 18.8 Å². The van der Waals surface area contributed by atoms with Crippen LogP contribution in [-0.2, 0) is 20.4 Å². The van der Waals surface area contributed by atoms with Crippen molar-refractivity contribution in [3.8, 4) is 0 Å². The van der Waals surface area contributed by atoms with Gasteiger partial charge in [0, 0.05) is 6.32 Å². The van der Waals surface area contributed by atoms with Crippen LogP contribution in [0.4, 0.5) is 0 Å². The van der Waals surface area contributed by atoms with Crippen LogP contribution in [0, 0.1) is 0 Å². The van der Waals surface area contributed by atoms with Gasteiger partial charge in [-0.3, -0.25) is 0 Å². The van der Waals surface area contributed by atoms with Gasteiger partial charge in [0.15, 0.2) is 0 Å². The first kappa shape index (κ1) is 16.1. The van der Waals surface area contributed by atoms with Gasteiger partial charge in [0.1, 0.15) is 0 Å². The summed E-state index contributed by atoms with van der Waals surface area (Å²) in [5, 5.41) is 0. The number of hydrogen-bond donors (Lipinski definition) is 0. The van der Waals surface area contributed by atoms with E-state index in [0.717, 1.165) is 5.56 Å². The highest BCUT2D eigenvalue weighted by Crippen LogP contribution is 2.37. The summed E-state index contributed by atoms with van der Waals surface area (Å²) in [7, 11) is -0.261. The largest absolute Gasteiger partial charge is 0.462 e. The molecule has 1 saturated heterocycles. The zero-order chi connectivity index (χ0) is 15.7. The minimum absolute atomic E-state index is 0.261. The third-order valence-corrected chi connectivity index (χ3v) is 4.17. The van der Waals surface area contributed by atoms with Crippen LogP contribution >= 0.6 is 0 Å². The van der Waals surface area contributed by atoms with Crippen LogP contribution in [-0.4, -0.2) is 30.9 Å². The van der Waals surface area contributed by atoms with E-state index in [-0.39, 0.29) is 24.3 Å². The lowest BCUT2D eigenvalue weighted by atomic mass is 9.80. The van der Waals surface area contributed by atoms with Gasteiger partial charge in [-0.25, -0.2) is 4.79 Å². The predicted octanol–water partition coefficient (Wildman–Crippen LogP) is 3.04.